The largest absolute Gasteiger partial charge is 0.357 e. The van der Waals surface area contributed by atoms with Gasteiger partial charge in [-0.2, -0.15) is 0 Å². The summed E-state index contributed by atoms with van der Waals surface area (Å²) in [5.41, 5.74) is 6.72. The lowest BCUT2D eigenvalue weighted by atomic mass is 10.2. The normalized spacial score (nSPS) is 21.1. The van der Waals surface area contributed by atoms with Crippen molar-refractivity contribution in [2.45, 2.75) is 6.17 Å². The summed E-state index contributed by atoms with van der Waals surface area (Å²) in [5, 5.41) is 2.90. The number of nitrogens with two attached hydrogens (primary N) is 1. The van der Waals surface area contributed by atoms with Gasteiger partial charge in [-0.15, -0.1) is 0 Å². The Hall–Kier alpha value is -0.810. The van der Waals surface area contributed by atoms with Gasteiger partial charge in [0.1, 0.15) is 12.0 Å². The van der Waals surface area contributed by atoms with Crippen molar-refractivity contribution in [3.05, 3.63) is 16.2 Å². The van der Waals surface area contributed by atoms with E-state index in [1.807, 2.05) is 6.20 Å². The Morgan fingerprint density at radius 1 is 1.64 bits per heavy atom. The van der Waals surface area contributed by atoms with Gasteiger partial charge in [-0.3, -0.25) is 0 Å². The predicted octanol–water partition coefficient (Wildman–Crippen LogP) is 0.997. The van der Waals surface area contributed by atoms with E-state index in [0.29, 0.717) is 0 Å². The molecule has 5 heteroatoms. The van der Waals surface area contributed by atoms with Crippen LogP contribution in [-0.4, -0.2) is 11.3 Å². The summed E-state index contributed by atoms with van der Waals surface area (Å²) in [4.78, 5) is 7.05. The maximum Gasteiger partial charge on any atom is 0.139 e. The highest BCUT2D eigenvalue weighted by molar-refractivity contribution is 9.10. The number of fused-ring (bicyclic) bond motifs is 1. The summed E-state index contributed by atoms with van der Waals surface area (Å²) < 4.78 is 0.962. The van der Waals surface area contributed by atoms with E-state index in [0.717, 1.165) is 15.9 Å². The topological polar surface area (TPSA) is 66.2 Å². The first kappa shape index (κ1) is 6.87. The molecule has 1 atom stereocenters. The van der Waals surface area contributed by atoms with Gasteiger partial charge >= 0.3 is 0 Å². The van der Waals surface area contributed by atoms with Gasteiger partial charge in [-0.25, -0.2) is 4.99 Å². The molecule has 0 radical (unpaired) electrons. The van der Waals surface area contributed by atoms with Gasteiger partial charge in [-0.1, -0.05) is 0 Å². The highest BCUT2D eigenvalue weighted by atomic mass is 79.9. The van der Waals surface area contributed by atoms with E-state index in [-0.39, 0.29) is 6.17 Å². The summed E-state index contributed by atoms with van der Waals surface area (Å²) >= 11 is 3.37. The van der Waals surface area contributed by atoms with Crippen LogP contribution in [0.3, 0.4) is 0 Å². The molecule has 0 fully saturated rings. The molecule has 0 bridgehead atoms. The maximum atomic E-state index is 5.74. The average Bonchev–Trinajstić information content (AvgIpc) is 2.34. The molecule has 0 saturated carbocycles. The second-order valence-electron chi connectivity index (χ2n) is 2.30. The molecule has 1 unspecified atom stereocenters. The van der Waals surface area contributed by atoms with Crippen LogP contribution in [0, 0.1) is 0 Å². The second kappa shape index (κ2) is 2.35. The van der Waals surface area contributed by atoms with Crippen LogP contribution in [0.2, 0.25) is 0 Å². The minimum Gasteiger partial charge on any atom is -0.357 e. The van der Waals surface area contributed by atoms with Crippen molar-refractivity contribution in [2.75, 3.05) is 0 Å². The average molecular weight is 215 g/mol. The third kappa shape index (κ3) is 0.965. The highest BCUT2D eigenvalue weighted by Gasteiger charge is 2.17. The minimum atomic E-state index is -0.164. The Morgan fingerprint density at radius 2 is 2.45 bits per heavy atom. The van der Waals surface area contributed by atoms with E-state index in [1.54, 1.807) is 6.34 Å². The number of aromatic amines is 1. The Morgan fingerprint density at radius 3 is 3.18 bits per heavy atom. The molecule has 4 N–H and O–H groups in total. The van der Waals surface area contributed by atoms with Crippen LogP contribution in [0.4, 0.5) is 5.82 Å². The Kier molecular flexibility index (Phi) is 1.47. The van der Waals surface area contributed by atoms with Crippen LogP contribution in [0.1, 0.15) is 11.7 Å². The molecule has 11 heavy (non-hydrogen) atoms. The van der Waals surface area contributed by atoms with E-state index in [2.05, 4.69) is 31.2 Å². The van der Waals surface area contributed by atoms with Gasteiger partial charge < -0.3 is 16.0 Å². The first-order chi connectivity index (χ1) is 5.29. The first-order valence-electron chi connectivity index (χ1n) is 3.20. The first-order valence-corrected chi connectivity index (χ1v) is 3.99. The van der Waals surface area contributed by atoms with Crippen LogP contribution < -0.4 is 11.1 Å². The van der Waals surface area contributed by atoms with E-state index in [1.165, 1.54) is 0 Å². The molecule has 58 valence electrons. The van der Waals surface area contributed by atoms with Gasteiger partial charge in [-0.05, 0) is 15.9 Å². The van der Waals surface area contributed by atoms with Crippen LogP contribution in [0.25, 0.3) is 0 Å². The maximum absolute atomic E-state index is 5.74. The zero-order valence-electron chi connectivity index (χ0n) is 5.63. The molecule has 2 heterocycles. The van der Waals surface area contributed by atoms with Gasteiger partial charge in [0.25, 0.3) is 0 Å². The third-order valence-corrected chi connectivity index (χ3v) is 2.26. The quantitative estimate of drug-likeness (QED) is 0.604. The fourth-order valence-electron chi connectivity index (χ4n) is 1.07. The number of nitrogens with one attached hydrogen (secondary N) is 2. The molecular weight excluding hydrogens is 208 g/mol. The second-order valence-corrected chi connectivity index (χ2v) is 3.16. The fraction of sp³-hybridized carbons (Fsp3) is 0.167. The van der Waals surface area contributed by atoms with Crippen molar-refractivity contribution in [3.63, 3.8) is 0 Å². The molecule has 0 aromatic carbocycles. The van der Waals surface area contributed by atoms with Crippen molar-refractivity contribution in [2.24, 2.45) is 10.7 Å². The predicted molar refractivity (Wildman–Crippen MR) is 46.7 cm³/mol. The highest BCUT2D eigenvalue weighted by Crippen LogP contribution is 2.31. The number of halogens is 1. The van der Waals surface area contributed by atoms with Crippen molar-refractivity contribution in [1.29, 1.82) is 0 Å². The van der Waals surface area contributed by atoms with E-state index in [4.69, 9.17) is 5.73 Å². The van der Waals surface area contributed by atoms with Gasteiger partial charge in [0, 0.05) is 16.2 Å². The SMILES string of the molecule is NC1NC=Nc2[nH]cc(Br)c21. The number of aliphatic imine (C=N–C) groups is 1. The lowest BCUT2D eigenvalue weighted by Gasteiger charge is -2.15. The molecule has 0 saturated heterocycles. The fourth-order valence-corrected chi connectivity index (χ4v) is 1.62. The Bertz CT molecular complexity index is 304. The Labute approximate surface area is 72.0 Å². The smallest absolute Gasteiger partial charge is 0.139 e. The van der Waals surface area contributed by atoms with E-state index in [9.17, 15) is 0 Å². The van der Waals surface area contributed by atoms with Crippen LogP contribution in [0.5, 0.6) is 0 Å². The zero-order valence-corrected chi connectivity index (χ0v) is 7.22. The van der Waals surface area contributed by atoms with Crippen molar-refractivity contribution >= 4 is 28.1 Å². The number of rotatable bonds is 0. The van der Waals surface area contributed by atoms with Crippen molar-refractivity contribution < 1.29 is 0 Å². The van der Waals surface area contributed by atoms with Gasteiger partial charge in [0.05, 0.1) is 6.34 Å². The van der Waals surface area contributed by atoms with Gasteiger partial charge in [0.15, 0.2) is 0 Å². The van der Waals surface area contributed by atoms with Crippen molar-refractivity contribution in [1.82, 2.24) is 10.3 Å². The van der Waals surface area contributed by atoms with Crippen molar-refractivity contribution in [3.8, 4) is 0 Å². The number of hydrogen-bond acceptors (Lipinski definition) is 3. The zero-order chi connectivity index (χ0) is 7.84. The molecule has 1 aliphatic rings. The number of hydrogen-bond donors (Lipinski definition) is 3. The van der Waals surface area contributed by atoms with Crippen LogP contribution in [0.15, 0.2) is 15.7 Å². The summed E-state index contributed by atoms with van der Waals surface area (Å²) in [5.74, 6) is 0.822. The molecule has 4 nitrogen and oxygen atoms in total. The molecule has 1 aliphatic heterocycles. The summed E-state index contributed by atoms with van der Waals surface area (Å²) in [6, 6.07) is 0. The summed E-state index contributed by atoms with van der Waals surface area (Å²) in [6.45, 7) is 0. The summed E-state index contributed by atoms with van der Waals surface area (Å²) in [6.07, 6.45) is 3.26. The minimum absolute atomic E-state index is 0.164. The monoisotopic (exact) mass is 214 g/mol. The molecule has 1 aromatic rings. The number of aromatic nitrogens is 1. The van der Waals surface area contributed by atoms with Crippen LogP contribution in [-0.2, 0) is 0 Å². The lowest BCUT2D eigenvalue weighted by Crippen LogP contribution is -2.29. The Balaban J connectivity index is 2.58. The lowest BCUT2D eigenvalue weighted by molar-refractivity contribution is 0.679. The van der Waals surface area contributed by atoms with Gasteiger partial charge in [0.2, 0.25) is 0 Å². The molecular formula is C6H7BrN4. The molecule has 1 aromatic heterocycles. The molecule has 0 spiro atoms. The van der Waals surface area contributed by atoms with E-state index < -0.39 is 0 Å². The summed E-state index contributed by atoms with van der Waals surface area (Å²) in [7, 11) is 0. The molecule has 2 rings (SSSR count). The standard InChI is InChI=1S/C6H7BrN4/c7-3-1-9-6-4(3)5(8)10-2-11-6/h1-2,5,9H,8H2,(H,10,11). The van der Waals surface area contributed by atoms with Crippen LogP contribution >= 0.6 is 15.9 Å². The molecule has 0 aliphatic carbocycles. The number of H-pyrrole nitrogens is 1. The molecule has 0 amide bonds. The third-order valence-electron chi connectivity index (χ3n) is 1.61. The van der Waals surface area contributed by atoms with E-state index >= 15 is 0 Å². The number of nitrogens with zero attached hydrogens (tertiary/aromatic N) is 1.